The summed E-state index contributed by atoms with van der Waals surface area (Å²) >= 11 is 0. The summed E-state index contributed by atoms with van der Waals surface area (Å²) in [6.45, 7) is 14.5. The summed E-state index contributed by atoms with van der Waals surface area (Å²) in [5.41, 5.74) is 0. The van der Waals surface area contributed by atoms with Gasteiger partial charge in [0.2, 0.25) is 0 Å². The summed E-state index contributed by atoms with van der Waals surface area (Å²) in [6, 6.07) is 2.29. The Morgan fingerprint density at radius 1 is 1.10 bits per heavy atom. The summed E-state index contributed by atoms with van der Waals surface area (Å²) in [7, 11) is 0. The van der Waals surface area contributed by atoms with E-state index >= 15 is 0 Å². The molecule has 0 radical (unpaired) electrons. The van der Waals surface area contributed by atoms with E-state index in [4.69, 9.17) is 0 Å². The van der Waals surface area contributed by atoms with Gasteiger partial charge in [0.1, 0.15) is 0 Å². The first-order valence-corrected chi connectivity index (χ1v) is 8.98. The molecule has 0 aromatic carbocycles. The highest BCUT2D eigenvalue weighted by Crippen LogP contribution is 2.32. The van der Waals surface area contributed by atoms with Crippen LogP contribution >= 0.6 is 0 Å². The third kappa shape index (κ3) is 3.98. The van der Waals surface area contributed by atoms with E-state index in [1.807, 2.05) is 0 Å². The Hall–Kier alpha value is -0.0800. The molecule has 1 aliphatic carbocycles. The van der Waals surface area contributed by atoms with Crippen molar-refractivity contribution >= 4 is 0 Å². The molecule has 2 nitrogen and oxygen atoms in total. The smallest absolute Gasteiger partial charge is 0.0247 e. The minimum atomic E-state index is 0.708. The van der Waals surface area contributed by atoms with Crippen LogP contribution in [0.4, 0.5) is 0 Å². The Bertz CT molecular complexity index is 287. The molecular weight excluding hydrogens is 244 g/mol. The van der Waals surface area contributed by atoms with Gasteiger partial charge >= 0.3 is 0 Å². The third-order valence-electron chi connectivity index (χ3n) is 5.49. The van der Waals surface area contributed by atoms with E-state index in [9.17, 15) is 0 Å². The molecule has 4 unspecified atom stereocenters. The Morgan fingerprint density at radius 2 is 1.80 bits per heavy atom. The number of nitrogens with one attached hydrogen (secondary N) is 1. The third-order valence-corrected chi connectivity index (χ3v) is 5.49. The molecule has 2 fully saturated rings. The minimum Gasteiger partial charge on any atom is -0.311 e. The van der Waals surface area contributed by atoms with E-state index in [0.717, 1.165) is 29.8 Å². The lowest BCUT2D eigenvalue weighted by molar-refractivity contribution is 0.0133. The topological polar surface area (TPSA) is 15.3 Å². The van der Waals surface area contributed by atoms with E-state index in [0.29, 0.717) is 6.04 Å². The van der Waals surface area contributed by atoms with Crippen molar-refractivity contribution in [3.63, 3.8) is 0 Å². The van der Waals surface area contributed by atoms with Gasteiger partial charge < -0.3 is 5.32 Å². The van der Waals surface area contributed by atoms with Crippen LogP contribution in [-0.2, 0) is 0 Å². The van der Waals surface area contributed by atoms with Crippen molar-refractivity contribution in [1.29, 1.82) is 0 Å². The van der Waals surface area contributed by atoms with Crippen molar-refractivity contribution in [1.82, 2.24) is 10.2 Å². The largest absolute Gasteiger partial charge is 0.311 e. The van der Waals surface area contributed by atoms with Crippen LogP contribution < -0.4 is 5.32 Å². The second-order valence-electron chi connectivity index (χ2n) is 8.07. The molecule has 2 aliphatic rings. The van der Waals surface area contributed by atoms with Gasteiger partial charge in [-0.25, -0.2) is 0 Å². The number of nitrogens with zero attached hydrogens (tertiary/aromatic N) is 1. The molecular formula is C18H36N2. The number of hydrogen-bond acceptors (Lipinski definition) is 2. The van der Waals surface area contributed by atoms with Crippen LogP contribution in [0.25, 0.3) is 0 Å². The van der Waals surface area contributed by atoms with Gasteiger partial charge in [-0.1, -0.05) is 47.5 Å². The maximum Gasteiger partial charge on any atom is 0.0247 e. The molecule has 0 amide bonds. The summed E-state index contributed by atoms with van der Waals surface area (Å²) in [4.78, 5) is 2.90. The molecule has 1 saturated carbocycles. The molecule has 1 N–H and O–H groups in total. The van der Waals surface area contributed by atoms with Gasteiger partial charge in [0, 0.05) is 31.2 Å². The van der Waals surface area contributed by atoms with Gasteiger partial charge in [-0.3, -0.25) is 4.90 Å². The summed E-state index contributed by atoms with van der Waals surface area (Å²) in [6.07, 6.45) is 7.08. The first kappa shape index (κ1) is 16.3. The lowest BCUT2D eigenvalue weighted by Crippen LogP contribution is -2.62. The zero-order valence-corrected chi connectivity index (χ0v) is 14.4. The van der Waals surface area contributed by atoms with Crippen LogP contribution in [-0.4, -0.2) is 36.1 Å². The average Bonchev–Trinajstić information content (AvgIpc) is 2.38. The highest BCUT2D eigenvalue weighted by molar-refractivity contribution is 4.94. The van der Waals surface area contributed by atoms with Crippen LogP contribution in [0.2, 0.25) is 0 Å². The average molecular weight is 280 g/mol. The molecule has 1 aliphatic heterocycles. The lowest BCUT2D eigenvalue weighted by Gasteiger charge is -2.49. The van der Waals surface area contributed by atoms with E-state index in [1.165, 1.54) is 45.2 Å². The van der Waals surface area contributed by atoms with Crippen molar-refractivity contribution in [2.24, 2.45) is 17.8 Å². The van der Waals surface area contributed by atoms with Crippen molar-refractivity contribution in [2.75, 3.05) is 13.1 Å². The summed E-state index contributed by atoms with van der Waals surface area (Å²) in [5, 5.41) is 3.82. The van der Waals surface area contributed by atoms with E-state index in [2.05, 4.69) is 44.8 Å². The molecule has 1 heterocycles. The maximum atomic E-state index is 3.82. The standard InChI is InChI=1S/C18H36N2/c1-13(2)10-16-12-20(18(11-19-16)14(3)4)17-9-7-6-8-15(17)5/h13-19H,6-12H2,1-5H3. The van der Waals surface area contributed by atoms with Crippen LogP contribution in [0, 0.1) is 17.8 Å². The van der Waals surface area contributed by atoms with Crippen LogP contribution in [0.5, 0.6) is 0 Å². The van der Waals surface area contributed by atoms with Crippen molar-refractivity contribution in [3.8, 4) is 0 Å². The molecule has 118 valence electrons. The number of rotatable bonds is 4. The van der Waals surface area contributed by atoms with Crippen LogP contribution in [0.15, 0.2) is 0 Å². The van der Waals surface area contributed by atoms with Gasteiger partial charge in [0.25, 0.3) is 0 Å². The highest BCUT2D eigenvalue weighted by atomic mass is 15.3. The monoisotopic (exact) mass is 280 g/mol. The number of piperazine rings is 1. The van der Waals surface area contributed by atoms with E-state index in [1.54, 1.807) is 0 Å². The van der Waals surface area contributed by atoms with E-state index in [-0.39, 0.29) is 0 Å². The zero-order chi connectivity index (χ0) is 14.7. The van der Waals surface area contributed by atoms with Crippen molar-refractivity contribution in [3.05, 3.63) is 0 Å². The van der Waals surface area contributed by atoms with Crippen molar-refractivity contribution in [2.45, 2.75) is 84.8 Å². The molecule has 4 atom stereocenters. The Labute approximate surface area is 126 Å². The molecule has 0 spiro atoms. The SMILES string of the molecule is CC(C)CC1CN(C2CCCCC2C)C(C(C)C)CN1. The molecule has 2 rings (SSSR count). The summed E-state index contributed by atoms with van der Waals surface area (Å²) < 4.78 is 0. The second-order valence-corrected chi connectivity index (χ2v) is 8.07. The Kier molecular flexibility index (Phi) is 5.92. The molecule has 0 aromatic rings. The fourth-order valence-electron chi connectivity index (χ4n) is 4.38. The van der Waals surface area contributed by atoms with E-state index < -0.39 is 0 Å². The van der Waals surface area contributed by atoms with Crippen molar-refractivity contribution < 1.29 is 0 Å². The van der Waals surface area contributed by atoms with Crippen LogP contribution in [0.3, 0.4) is 0 Å². The fraction of sp³-hybridized carbons (Fsp3) is 1.00. The van der Waals surface area contributed by atoms with Gasteiger partial charge in [-0.15, -0.1) is 0 Å². The normalized spacial score (nSPS) is 36.8. The fourth-order valence-corrected chi connectivity index (χ4v) is 4.38. The first-order chi connectivity index (χ1) is 9.49. The molecule has 0 aromatic heterocycles. The predicted molar refractivity (Wildman–Crippen MR) is 88.0 cm³/mol. The molecule has 0 bridgehead atoms. The Morgan fingerprint density at radius 3 is 2.40 bits per heavy atom. The van der Waals surface area contributed by atoms with Gasteiger partial charge in [0.15, 0.2) is 0 Å². The lowest BCUT2D eigenvalue weighted by atomic mass is 9.82. The van der Waals surface area contributed by atoms with Gasteiger partial charge in [-0.2, -0.15) is 0 Å². The quantitative estimate of drug-likeness (QED) is 0.840. The zero-order valence-electron chi connectivity index (χ0n) is 14.4. The molecule has 2 heteroatoms. The predicted octanol–water partition coefficient (Wildman–Crippen LogP) is 3.91. The highest BCUT2D eigenvalue weighted by Gasteiger charge is 2.37. The molecule has 20 heavy (non-hydrogen) atoms. The molecule has 1 saturated heterocycles. The minimum absolute atomic E-state index is 0.708. The second kappa shape index (κ2) is 7.26. The maximum absolute atomic E-state index is 3.82. The Balaban J connectivity index is 2.05. The van der Waals surface area contributed by atoms with Crippen LogP contribution in [0.1, 0.15) is 66.7 Å². The van der Waals surface area contributed by atoms with Gasteiger partial charge in [-0.05, 0) is 37.0 Å². The van der Waals surface area contributed by atoms with Gasteiger partial charge in [0.05, 0.1) is 0 Å². The number of hydrogen-bond donors (Lipinski definition) is 1. The first-order valence-electron chi connectivity index (χ1n) is 8.98. The summed E-state index contributed by atoms with van der Waals surface area (Å²) in [5.74, 6) is 2.45.